The van der Waals surface area contributed by atoms with E-state index in [1.54, 1.807) is 12.3 Å². The number of aromatic amines is 1. The van der Waals surface area contributed by atoms with Gasteiger partial charge in [0.05, 0.1) is 22.4 Å². The smallest absolute Gasteiger partial charge is 0.221 e. The van der Waals surface area contributed by atoms with E-state index in [-0.39, 0.29) is 5.91 Å². The predicted octanol–water partition coefficient (Wildman–Crippen LogP) is 2.17. The van der Waals surface area contributed by atoms with Crippen LogP contribution >= 0.6 is 11.6 Å². The molecule has 2 aromatic rings. The lowest BCUT2D eigenvalue weighted by Gasteiger charge is -2.04. The molecule has 2 N–H and O–H groups in total. The minimum atomic E-state index is -0.147. The van der Waals surface area contributed by atoms with E-state index >= 15 is 0 Å². The summed E-state index contributed by atoms with van der Waals surface area (Å²) < 4.78 is 0. The van der Waals surface area contributed by atoms with E-state index in [2.05, 4.69) is 15.5 Å². The molecule has 14 heavy (non-hydrogen) atoms. The Labute approximate surface area is 85.3 Å². The SMILES string of the molecule is CC(=O)Nc1ccc2cn[nH]c2c1Cl. The lowest BCUT2D eigenvalue weighted by molar-refractivity contribution is -0.114. The summed E-state index contributed by atoms with van der Waals surface area (Å²) in [7, 11) is 0. The van der Waals surface area contributed by atoms with Gasteiger partial charge >= 0.3 is 0 Å². The molecule has 0 saturated heterocycles. The van der Waals surface area contributed by atoms with E-state index in [1.165, 1.54) is 6.92 Å². The Balaban J connectivity index is 2.56. The summed E-state index contributed by atoms with van der Waals surface area (Å²) in [6, 6.07) is 3.59. The summed E-state index contributed by atoms with van der Waals surface area (Å²) in [5, 5.41) is 10.7. The minimum absolute atomic E-state index is 0.147. The van der Waals surface area contributed by atoms with Crippen molar-refractivity contribution in [2.45, 2.75) is 6.92 Å². The van der Waals surface area contributed by atoms with Crippen LogP contribution in [0.5, 0.6) is 0 Å². The summed E-state index contributed by atoms with van der Waals surface area (Å²) in [4.78, 5) is 10.8. The van der Waals surface area contributed by atoms with Gasteiger partial charge < -0.3 is 5.32 Å². The molecule has 0 radical (unpaired) electrons. The molecule has 4 nitrogen and oxygen atoms in total. The fraction of sp³-hybridized carbons (Fsp3) is 0.111. The molecule has 5 heteroatoms. The number of nitrogens with zero attached hydrogens (tertiary/aromatic N) is 1. The minimum Gasteiger partial charge on any atom is -0.325 e. The molecule has 0 unspecified atom stereocenters. The molecule has 2 rings (SSSR count). The Morgan fingerprint density at radius 3 is 3.07 bits per heavy atom. The second kappa shape index (κ2) is 3.31. The van der Waals surface area contributed by atoms with E-state index in [0.717, 1.165) is 10.9 Å². The van der Waals surface area contributed by atoms with Gasteiger partial charge in [-0.15, -0.1) is 0 Å². The lowest BCUT2D eigenvalue weighted by atomic mass is 10.2. The number of fused-ring (bicyclic) bond motifs is 1. The second-order valence-corrected chi connectivity index (χ2v) is 3.32. The maximum Gasteiger partial charge on any atom is 0.221 e. The highest BCUT2D eigenvalue weighted by atomic mass is 35.5. The summed E-state index contributed by atoms with van der Waals surface area (Å²) in [6.45, 7) is 1.44. The molecule has 1 aromatic carbocycles. The van der Waals surface area contributed by atoms with E-state index < -0.39 is 0 Å². The lowest BCUT2D eigenvalue weighted by Crippen LogP contribution is -2.06. The van der Waals surface area contributed by atoms with Gasteiger partial charge in [0.15, 0.2) is 0 Å². The van der Waals surface area contributed by atoms with Crippen LogP contribution in [0.4, 0.5) is 5.69 Å². The number of anilines is 1. The van der Waals surface area contributed by atoms with Crippen LogP contribution in [-0.2, 0) is 4.79 Å². The first-order valence-electron chi connectivity index (χ1n) is 4.07. The quantitative estimate of drug-likeness (QED) is 0.756. The molecule has 0 saturated carbocycles. The highest BCUT2D eigenvalue weighted by Crippen LogP contribution is 2.29. The zero-order chi connectivity index (χ0) is 10.1. The van der Waals surface area contributed by atoms with Crippen molar-refractivity contribution in [3.8, 4) is 0 Å². The first-order chi connectivity index (χ1) is 6.68. The van der Waals surface area contributed by atoms with Crippen molar-refractivity contribution in [2.24, 2.45) is 0 Å². The van der Waals surface area contributed by atoms with Crippen molar-refractivity contribution < 1.29 is 4.79 Å². The number of carbonyl (C=O) groups excluding carboxylic acids is 1. The number of benzene rings is 1. The van der Waals surface area contributed by atoms with Crippen molar-refractivity contribution >= 4 is 34.1 Å². The molecule has 0 fully saturated rings. The molecule has 1 amide bonds. The summed E-state index contributed by atoms with van der Waals surface area (Å²) in [6.07, 6.45) is 1.68. The number of amides is 1. The summed E-state index contributed by atoms with van der Waals surface area (Å²) >= 11 is 6.04. The Morgan fingerprint density at radius 2 is 2.36 bits per heavy atom. The second-order valence-electron chi connectivity index (χ2n) is 2.94. The molecule has 0 aliphatic rings. The van der Waals surface area contributed by atoms with Crippen molar-refractivity contribution in [1.29, 1.82) is 0 Å². The molecular formula is C9H8ClN3O. The summed E-state index contributed by atoms with van der Waals surface area (Å²) in [5.74, 6) is -0.147. The third-order valence-corrected chi connectivity index (χ3v) is 2.26. The van der Waals surface area contributed by atoms with Gasteiger partial charge in [-0.2, -0.15) is 5.10 Å². The molecule has 72 valence electrons. The third-order valence-electron chi connectivity index (χ3n) is 1.86. The van der Waals surface area contributed by atoms with Gasteiger partial charge in [-0.25, -0.2) is 0 Å². The summed E-state index contributed by atoms with van der Waals surface area (Å²) in [5.41, 5.74) is 1.33. The number of H-pyrrole nitrogens is 1. The molecule has 0 aliphatic heterocycles. The number of rotatable bonds is 1. The number of hydrogen-bond donors (Lipinski definition) is 2. The average molecular weight is 210 g/mol. The van der Waals surface area contributed by atoms with Crippen molar-refractivity contribution in [3.05, 3.63) is 23.4 Å². The van der Waals surface area contributed by atoms with Crippen LogP contribution < -0.4 is 5.32 Å². The fourth-order valence-electron chi connectivity index (χ4n) is 1.26. The Morgan fingerprint density at radius 1 is 1.57 bits per heavy atom. The van der Waals surface area contributed by atoms with Gasteiger partial charge in [0.25, 0.3) is 0 Å². The Bertz CT molecular complexity index is 492. The van der Waals surface area contributed by atoms with Crippen molar-refractivity contribution in [3.63, 3.8) is 0 Å². The zero-order valence-electron chi connectivity index (χ0n) is 7.47. The first-order valence-corrected chi connectivity index (χ1v) is 4.45. The van der Waals surface area contributed by atoms with Crippen LogP contribution in [-0.4, -0.2) is 16.1 Å². The van der Waals surface area contributed by atoms with Gasteiger partial charge in [0, 0.05) is 12.3 Å². The van der Waals surface area contributed by atoms with Crippen LogP contribution in [0.3, 0.4) is 0 Å². The topological polar surface area (TPSA) is 57.8 Å². The van der Waals surface area contributed by atoms with E-state index in [9.17, 15) is 4.79 Å². The average Bonchev–Trinajstić information content (AvgIpc) is 2.57. The predicted molar refractivity (Wildman–Crippen MR) is 55.4 cm³/mol. The first kappa shape index (κ1) is 9.02. The molecule has 0 atom stereocenters. The maximum absolute atomic E-state index is 10.8. The number of aromatic nitrogens is 2. The van der Waals surface area contributed by atoms with Gasteiger partial charge in [-0.05, 0) is 12.1 Å². The van der Waals surface area contributed by atoms with Gasteiger partial charge in [-0.3, -0.25) is 9.89 Å². The van der Waals surface area contributed by atoms with Crippen LogP contribution in [0.1, 0.15) is 6.92 Å². The van der Waals surface area contributed by atoms with E-state index in [1.807, 2.05) is 6.07 Å². The number of nitrogens with one attached hydrogen (secondary N) is 2. The molecule has 0 bridgehead atoms. The van der Waals surface area contributed by atoms with Gasteiger partial charge in [-0.1, -0.05) is 11.6 Å². The maximum atomic E-state index is 10.8. The Kier molecular flexibility index (Phi) is 2.13. The highest BCUT2D eigenvalue weighted by molar-refractivity contribution is 6.38. The zero-order valence-corrected chi connectivity index (χ0v) is 8.22. The molecule has 0 spiro atoms. The standard InChI is InChI=1S/C9H8ClN3O/c1-5(14)12-7-3-2-6-4-11-13-9(6)8(7)10/h2-4H,1H3,(H,11,13)(H,12,14). The van der Waals surface area contributed by atoms with E-state index in [4.69, 9.17) is 11.6 Å². The number of carbonyl (C=O) groups is 1. The number of hydrogen-bond acceptors (Lipinski definition) is 2. The van der Waals surface area contributed by atoms with Crippen LogP contribution in [0.2, 0.25) is 5.02 Å². The monoisotopic (exact) mass is 209 g/mol. The molecule has 1 heterocycles. The highest BCUT2D eigenvalue weighted by Gasteiger charge is 2.07. The number of halogens is 1. The fourth-order valence-corrected chi connectivity index (χ4v) is 1.53. The Hall–Kier alpha value is -1.55. The molecule has 1 aromatic heterocycles. The van der Waals surface area contributed by atoms with Crippen molar-refractivity contribution in [1.82, 2.24) is 10.2 Å². The normalized spacial score (nSPS) is 10.4. The van der Waals surface area contributed by atoms with Crippen molar-refractivity contribution in [2.75, 3.05) is 5.32 Å². The molecular weight excluding hydrogens is 202 g/mol. The van der Waals surface area contributed by atoms with Crippen LogP contribution in [0.25, 0.3) is 10.9 Å². The van der Waals surface area contributed by atoms with E-state index in [0.29, 0.717) is 10.7 Å². The van der Waals surface area contributed by atoms with Crippen LogP contribution in [0.15, 0.2) is 18.3 Å². The van der Waals surface area contributed by atoms with Gasteiger partial charge in [0.2, 0.25) is 5.91 Å². The third kappa shape index (κ3) is 1.44. The van der Waals surface area contributed by atoms with Crippen LogP contribution in [0, 0.1) is 0 Å². The largest absolute Gasteiger partial charge is 0.325 e. The molecule has 0 aliphatic carbocycles. The van der Waals surface area contributed by atoms with Gasteiger partial charge in [0.1, 0.15) is 0 Å².